The average molecular weight is 584 g/mol. The van der Waals surface area contributed by atoms with Gasteiger partial charge in [-0.3, -0.25) is 4.90 Å². The predicted octanol–water partition coefficient (Wildman–Crippen LogP) is 3.64. The molecule has 7 rings (SSSR count). The highest BCUT2D eigenvalue weighted by molar-refractivity contribution is 6.62. The summed E-state index contributed by atoms with van der Waals surface area (Å²) in [5.41, 5.74) is 2.52. The zero-order valence-electron chi connectivity index (χ0n) is 26.2. The maximum atomic E-state index is 13.8. The average Bonchev–Trinajstić information content (AvgIpc) is 3.17. The third-order valence-electron chi connectivity index (χ3n) is 9.74. The Hall–Kier alpha value is -2.34. The van der Waals surface area contributed by atoms with Gasteiger partial charge in [-0.25, -0.2) is 9.59 Å². The van der Waals surface area contributed by atoms with Gasteiger partial charge in [0.15, 0.2) is 0 Å². The SMILES string of the molecule is CC(C)(C)OC(=O)N1CCOC[C@H]1c1cc(B2OC(C)(C)C(C)(C)O2)cc2c1CN(C(=O)N1CC3CCC1CO3)CC2. The van der Waals surface area contributed by atoms with Crippen molar-refractivity contribution in [3.05, 3.63) is 28.8 Å². The number of fused-ring (bicyclic) bond motifs is 4. The van der Waals surface area contributed by atoms with Gasteiger partial charge in [-0.15, -0.1) is 0 Å². The van der Waals surface area contributed by atoms with Crippen molar-refractivity contribution in [1.82, 2.24) is 14.7 Å². The Labute approximate surface area is 250 Å². The summed E-state index contributed by atoms with van der Waals surface area (Å²) in [5.74, 6) is 0. The number of piperidine rings is 1. The maximum Gasteiger partial charge on any atom is 0.494 e. The first-order chi connectivity index (χ1) is 19.7. The number of ether oxygens (including phenoxy) is 3. The Kier molecular flexibility index (Phi) is 7.56. The summed E-state index contributed by atoms with van der Waals surface area (Å²) in [6.07, 6.45) is 2.49. The number of urea groups is 1. The summed E-state index contributed by atoms with van der Waals surface area (Å²) in [4.78, 5) is 33.0. The van der Waals surface area contributed by atoms with E-state index in [4.69, 9.17) is 23.5 Å². The van der Waals surface area contributed by atoms with Crippen molar-refractivity contribution in [3.63, 3.8) is 0 Å². The van der Waals surface area contributed by atoms with Crippen molar-refractivity contribution in [3.8, 4) is 0 Å². The summed E-state index contributed by atoms with van der Waals surface area (Å²) in [6, 6.07) is 4.12. The number of carbonyl (C=O) groups is 2. The van der Waals surface area contributed by atoms with Crippen molar-refractivity contribution in [2.24, 2.45) is 0 Å². The molecule has 5 saturated heterocycles. The van der Waals surface area contributed by atoms with E-state index in [9.17, 15) is 9.59 Å². The number of carbonyl (C=O) groups excluding carboxylic acids is 2. The summed E-state index contributed by atoms with van der Waals surface area (Å²) in [7, 11) is -0.540. The summed E-state index contributed by atoms with van der Waals surface area (Å²) in [6.45, 7) is 17.4. The van der Waals surface area contributed by atoms with Crippen LogP contribution < -0.4 is 5.46 Å². The maximum absolute atomic E-state index is 13.8. The second kappa shape index (κ2) is 10.7. The van der Waals surface area contributed by atoms with Gasteiger partial charge in [0.05, 0.1) is 49.2 Å². The van der Waals surface area contributed by atoms with Crippen molar-refractivity contribution in [2.45, 2.75) is 109 Å². The van der Waals surface area contributed by atoms with E-state index in [-0.39, 0.29) is 30.3 Å². The minimum Gasteiger partial charge on any atom is -0.444 e. The van der Waals surface area contributed by atoms with E-state index in [1.807, 2.05) is 58.3 Å². The fourth-order valence-corrected chi connectivity index (χ4v) is 6.67. The van der Waals surface area contributed by atoms with Crippen LogP contribution in [-0.2, 0) is 36.5 Å². The molecule has 0 spiro atoms. The number of benzene rings is 1. The van der Waals surface area contributed by atoms with Crippen LogP contribution in [0.2, 0.25) is 0 Å². The molecular formula is C31H46BN3O7. The van der Waals surface area contributed by atoms with E-state index in [1.165, 1.54) is 0 Å². The van der Waals surface area contributed by atoms with Crippen LogP contribution in [-0.4, -0.2) is 102 Å². The third kappa shape index (κ3) is 5.53. The van der Waals surface area contributed by atoms with E-state index in [0.717, 1.165) is 35.0 Å². The molecule has 6 aliphatic rings. The molecule has 11 heteroatoms. The highest BCUT2D eigenvalue weighted by atomic mass is 16.7. The molecule has 0 saturated carbocycles. The van der Waals surface area contributed by atoms with E-state index in [2.05, 4.69) is 12.1 Å². The number of hydrogen-bond donors (Lipinski definition) is 0. The van der Waals surface area contributed by atoms with Crippen LogP contribution in [0.25, 0.3) is 0 Å². The highest BCUT2D eigenvalue weighted by Crippen LogP contribution is 2.38. The molecule has 0 aliphatic carbocycles. The molecule has 1 aromatic carbocycles. The van der Waals surface area contributed by atoms with Crippen LogP contribution in [0.1, 0.15) is 84.0 Å². The molecule has 2 unspecified atom stereocenters. The van der Waals surface area contributed by atoms with Crippen LogP contribution >= 0.6 is 0 Å². The molecule has 6 heterocycles. The second-order valence-electron chi connectivity index (χ2n) is 14.4. The Morgan fingerprint density at radius 2 is 1.74 bits per heavy atom. The normalized spacial score (nSPS) is 28.6. The smallest absolute Gasteiger partial charge is 0.444 e. The Morgan fingerprint density at radius 3 is 2.36 bits per heavy atom. The fourth-order valence-electron chi connectivity index (χ4n) is 6.67. The Morgan fingerprint density at radius 1 is 1.00 bits per heavy atom. The quantitative estimate of drug-likeness (QED) is 0.492. The molecule has 3 amide bonds. The lowest BCUT2D eigenvalue weighted by molar-refractivity contribution is -0.0923. The van der Waals surface area contributed by atoms with Crippen molar-refractivity contribution >= 4 is 24.7 Å². The third-order valence-corrected chi connectivity index (χ3v) is 9.74. The van der Waals surface area contributed by atoms with E-state index >= 15 is 0 Å². The monoisotopic (exact) mass is 583 g/mol. The Balaban J connectivity index is 1.35. The van der Waals surface area contributed by atoms with Gasteiger partial charge in [0.2, 0.25) is 0 Å². The van der Waals surface area contributed by atoms with E-state index < -0.39 is 23.9 Å². The van der Waals surface area contributed by atoms with Gasteiger partial charge < -0.3 is 33.3 Å². The zero-order chi connectivity index (χ0) is 30.0. The number of hydrogen-bond acceptors (Lipinski definition) is 7. The Bertz CT molecular complexity index is 1210. The first-order valence-electron chi connectivity index (χ1n) is 15.5. The van der Waals surface area contributed by atoms with Crippen LogP contribution in [0.4, 0.5) is 9.59 Å². The molecule has 5 fully saturated rings. The van der Waals surface area contributed by atoms with E-state index in [0.29, 0.717) is 52.4 Å². The molecule has 10 nitrogen and oxygen atoms in total. The summed E-state index contributed by atoms with van der Waals surface area (Å²) >= 11 is 0. The first kappa shape index (κ1) is 29.7. The molecule has 3 atom stereocenters. The van der Waals surface area contributed by atoms with Crippen LogP contribution in [0.3, 0.4) is 0 Å². The minimum atomic E-state index is -0.620. The van der Waals surface area contributed by atoms with Gasteiger partial charge >= 0.3 is 19.2 Å². The number of amides is 3. The fraction of sp³-hybridized carbons (Fsp3) is 0.742. The van der Waals surface area contributed by atoms with E-state index in [1.54, 1.807) is 4.90 Å². The molecule has 0 radical (unpaired) electrons. The van der Waals surface area contributed by atoms with Gasteiger partial charge in [0.1, 0.15) is 5.60 Å². The molecule has 42 heavy (non-hydrogen) atoms. The number of morpholine rings is 2. The zero-order valence-corrected chi connectivity index (χ0v) is 26.2. The van der Waals surface area contributed by atoms with Crippen LogP contribution in [0, 0.1) is 0 Å². The second-order valence-corrected chi connectivity index (χ2v) is 14.4. The topological polar surface area (TPSA) is 90.0 Å². The molecule has 230 valence electrons. The van der Waals surface area contributed by atoms with Gasteiger partial charge in [-0.1, -0.05) is 12.1 Å². The van der Waals surface area contributed by atoms with Gasteiger partial charge in [0, 0.05) is 26.2 Å². The standard InChI is InChI=1S/C31H46BN3O7/c1-29(2,3)40-28(37)34-12-13-38-19-26(34)24-15-21(32-41-30(4,5)31(6,7)42-32)14-20-10-11-33(17-25(20)24)27(36)35-16-23-9-8-22(35)18-39-23/h14-15,22-23,26H,8-13,16-19H2,1-7H3/t22?,23?,26-/m0/s1. The summed E-state index contributed by atoms with van der Waals surface area (Å²) in [5, 5.41) is 0. The molecular weight excluding hydrogens is 537 g/mol. The highest BCUT2D eigenvalue weighted by Gasteiger charge is 2.52. The predicted molar refractivity (Wildman–Crippen MR) is 158 cm³/mol. The summed E-state index contributed by atoms with van der Waals surface area (Å²) < 4.78 is 30.5. The lowest BCUT2D eigenvalue weighted by Crippen LogP contribution is -2.60. The van der Waals surface area contributed by atoms with Crippen LogP contribution in [0.5, 0.6) is 0 Å². The lowest BCUT2D eigenvalue weighted by atomic mass is 9.74. The van der Waals surface area contributed by atoms with Crippen molar-refractivity contribution < 1.29 is 33.1 Å². The largest absolute Gasteiger partial charge is 0.494 e. The first-order valence-corrected chi connectivity index (χ1v) is 15.5. The lowest BCUT2D eigenvalue weighted by Gasteiger charge is -2.47. The van der Waals surface area contributed by atoms with Gasteiger partial charge in [-0.2, -0.15) is 0 Å². The molecule has 6 aliphatic heterocycles. The van der Waals surface area contributed by atoms with Crippen molar-refractivity contribution in [2.75, 3.05) is 39.5 Å². The minimum absolute atomic E-state index is 0.0727. The number of rotatable bonds is 2. The van der Waals surface area contributed by atoms with Gasteiger partial charge in [0.25, 0.3) is 0 Å². The van der Waals surface area contributed by atoms with Crippen molar-refractivity contribution in [1.29, 1.82) is 0 Å². The molecule has 1 aromatic rings. The van der Waals surface area contributed by atoms with Gasteiger partial charge in [-0.05, 0) is 89.9 Å². The number of nitrogens with zero attached hydrogens (tertiary/aromatic N) is 3. The molecule has 0 aromatic heterocycles. The molecule has 0 N–H and O–H groups in total. The molecule has 2 bridgehead atoms. The van der Waals surface area contributed by atoms with Crippen LogP contribution in [0.15, 0.2) is 12.1 Å².